The molecular formula is C14H24F3N3O. The van der Waals surface area contributed by atoms with E-state index in [-0.39, 0.29) is 0 Å². The van der Waals surface area contributed by atoms with Crippen LogP contribution in [0.3, 0.4) is 0 Å². The summed E-state index contributed by atoms with van der Waals surface area (Å²) >= 11 is 0. The van der Waals surface area contributed by atoms with Crippen molar-refractivity contribution < 1.29 is 18.0 Å². The molecule has 2 aliphatic heterocycles. The van der Waals surface area contributed by atoms with Crippen LogP contribution in [0.15, 0.2) is 0 Å². The summed E-state index contributed by atoms with van der Waals surface area (Å²) in [4.78, 5) is 15.7. The van der Waals surface area contributed by atoms with E-state index >= 15 is 0 Å². The van der Waals surface area contributed by atoms with Crippen LogP contribution in [0.25, 0.3) is 0 Å². The molecule has 0 aromatic carbocycles. The largest absolute Gasteiger partial charge is 0.415 e. The molecule has 0 aliphatic carbocycles. The number of rotatable bonds is 3. The number of carbonyl (C=O) groups is 1. The average molecular weight is 307 g/mol. The number of carbonyl (C=O) groups excluding carboxylic acids is 1. The van der Waals surface area contributed by atoms with Crippen LogP contribution in [-0.4, -0.2) is 60.1 Å². The van der Waals surface area contributed by atoms with Crippen molar-refractivity contribution >= 4 is 5.91 Å². The number of nitrogens with two attached hydrogens (primary N) is 1. The van der Waals surface area contributed by atoms with Crippen LogP contribution in [0.5, 0.6) is 0 Å². The summed E-state index contributed by atoms with van der Waals surface area (Å²) in [5, 5.41) is 0. The van der Waals surface area contributed by atoms with Gasteiger partial charge in [-0.3, -0.25) is 4.79 Å². The first-order valence-corrected chi connectivity index (χ1v) is 7.59. The summed E-state index contributed by atoms with van der Waals surface area (Å²) in [5.74, 6) is -0.531. The van der Waals surface area contributed by atoms with Gasteiger partial charge in [-0.2, -0.15) is 13.2 Å². The van der Waals surface area contributed by atoms with Crippen molar-refractivity contribution in [1.82, 2.24) is 9.80 Å². The number of amides is 1. The third kappa shape index (κ3) is 3.69. The van der Waals surface area contributed by atoms with Crippen LogP contribution >= 0.6 is 0 Å². The zero-order chi connectivity index (χ0) is 15.7. The molecule has 2 aliphatic rings. The van der Waals surface area contributed by atoms with Gasteiger partial charge >= 0.3 is 6.18 Å². The van der Waals surface area contributed by atoms with Crippen molar-refractivity contribution in [3.05, 3.63) is 0 Å². The van der Waals surface area contributed by atoms with Crippen LogP contribution in [-0.2, 0) is 4.79 Å². The summed E-state index contributed by atoms with van der Waals surface area (Å²) in [6.07, 6.45) is -0.730. The van der Waals surface area contributed by atoms with Gasteiger partial charge in [0, 0.05) is 19.6 Å². The lowest BCUT2D eigenvalue weighted by Gasteiger charge is -2.38. The third-order valence-corrected chi connectivity index (χ3v) is 4.65. The molecule has 2 heterocycles. The van der Waals surface area contributed by atoms with Crippen molar-refractivity contribution in [2.75, 3.05) is 32.7 Å². The summed E-state index contributed by atoms with van der Waals surface area (Å²) < 4.78 is 38.4. The van der Waals surface area contributed by atoms with Crippen LogP contribution < -0.4 is 5.73 Å². The molecule has 0 aromatic rings. The lowest BCUT2D eigenvalue weighted by atomic mass is 9.93. The summed E-state index contributed by atoms with van der Waals surface area (Å²) in [6, 6.07) is 0. The van der Waals surface area contributed by atoms with E-state index in [1.165, 1.54) is 17.7 Å². The topological polar surface area (TPSA) is 49.6 Å². The lowest BCUT2D eigenvalue weighted by molar-refractivity contribution is -0.194. The summed E-state index contributed by atoms with van der Waals surface area (Å²) in [5.41, 5.74) is 2.43. The molecule has 0 radical (unpaired) electrons. The molecule has 2 rings (SSSR count). The first-order valence-electron chi connectivity index (χ1n) is 7.59. The molecule has 4 nitrogen and oxygen atoms in total. The SMILES string of the molecule is CC(N)(C(=O)N1CCC(CN2CCCC2)CC1)C(F)(F)F. The van der Waals surface area contributed by atoms with E-state index in [2.05, 4.69) is 4.90 Å². The second kappa shape index (κ2) is 6.12. The fraction of sp³-hybridized carbons (Fsp3) is 0.929. The van der Waals surface area contributed by atoms with Gasteiger partial charge in [0.1, 0.15) is 0 Å². The zero-order valence-corrected chi connectivity index (χ0v) is 12.5. The van der Waals surface area contributed by atoms with Crippen molar-refractivity contribution in [2.45, 2.75) is 44.3 Å². The minimum Gasteiger partial charge on any atom is -0.341 e. The number of hydrogen-bond acceptors (Lipinski definition) is 3. The Kier molecular flexibility index (Phi) is 4.82. The number of likely N-dealkylation sites (tertiary alicyclic amines) is 2. The van der Waals surface area contributed by atoms with E-state index < -0.39 is 17.6 Å². The van der Waals surface area contributed by atoms with Gasteiger partial charge in [0.15, 0.2) is 5.54 Å². The molecule has 0 saturated carbocycles. The third-order valence-electron chi connectivity index (χ3n) is 4.65. The fourth-order valence-corrected chi connectivity index (χ4v) is 3.10. The Morgan fingerprint density at radius 2 is 1.67 bits per heavy atom. The first kappa shape index (κ1) is 16.5. The number of nitrogens with zero attached hydrogens (tertiary/aromatic N) is 2. The van der Waals surface area contributed by atoms with Crippen molar-refractivity contribution in [1.29, 1.82) is 0 Å². The number of hydrogen-bond donors (Lipinski definition) is 1. The highest BCUT2D eigenvalue weighted by atomic mass is 19.4. The molecule has 1 unspecified atom stereocenters. The van der Waals surface area contributed by atoms with Crippen molar-refractivity contribution in [2.24, 2.45) is 11.7 Å². The van der Waals surface area contributed by atoms with Gasteiger partial charge in [0.05, 0.1) is 0 Å². The highest BCUT2D eigenvalue weighted by Crippen LogP contribution is 2.31. The Balaban J connectivity index is 1.84. The summed E-state index contributed by atoms with van der Waals surface area (Å²) in [6.45, 7) is 4.75. The normalized spacial score (nSPS) is 25.1. The van der Waals surface area contributed by atoms with Crippen molar-refractivity contribution in [3.63, 3.8) is 0 Å². The smallest absolute Gasteiger partial charge is 0.341 e. The fourth-order valence-electron chi connectivity index (χ4n) is 3.10. The van der Waals surface area contributed by atoms with Gasteiger partial charge in [-0.1, -0.05) is 0 Å². The zero-order valence-electron chi connectivity index (χ0n) is 12.5. The molecular weight excluding hydrogens is 283 g/mol. The summed E-state index contributed by atoms with van der Waals surface area (Å²) in [7, 11) is 0. The highest BCUT2D eigenvalue weighted by molar-refractivity contribution is 5.86. The number of alkyl halides is 3. The minimum atomic E-state index is -4.71. The van der Waals surface area contributed by atoms with Gasteiger partial charge in [-0.05, 0) is 51.6 Å². The number of piperidine rings is 1. The molecule has 7 heteroatoms. The average Bonchev–Trinajstić information content (AvgIpc) is 2.90. The van der Waals surface area contributed by atoms with Crippen molar-refractivity contribution in [3.8, 4) is 0 Å². The second-order valence-corrected chi connectivity index (χ2v) is 6.44. The highest BCUT2D eigenvalue weighted by Gasteiger charge is 2.55. The molecule has 0 bridgehead atoms. The number of halogens is 3. The monoisotopic (exact) mass is 307 g/mol. The van der Waals surface area contributed by atoms with Crippen LogP contribution in [0.4, 0.5) is 13.2 Å². The Morgan fingerprint density at radius 1 is 1.14 bits per heavy atom. The maximum absolute atomic E-state index is 12.8. The van der Waals surface area contributed by atoms with Gasteiger partial charge < -0.3 is 15.5 Å². The van der Waals surface area contributed by atoms with E-state index in [0.717, 1.165) is 39.4 Å². The van der Waals surface area contributed by atoms with Gasteiger partial charge in [0.25, 0.3) is 5.91 Å². The van der Waals surface area contributed by atoms with E-state index in [4.69, 9.17) is 5.73 Å². The van der Waals surface area contributed by atoms with E-state index in [0.29, 0.717) is 19.0 Å². The van der Waals surface area contributed by atoms with Gasteiger partial charge in [0.2, 0.25) is 0 Å². The van der Waals surface area contributed by atoms with E-state index in [1.54, 1.807) is 0 Å². The first-order chi connectivity index (χ1) is 9.72. The predicted molar refractivity (Wildman–Crippen MR) is 73.6 cm³/mol. The Morgan fingerprint density at radius 3 is 2.14 bits per heavy atom. The van der Waals surface area contributed by atoms with E-state index in [1.807, 2.05) is 0 Å². The molecule has 2 fully saturated rings. The van der Waals surface area contributed by atoms with Gasteiger partial charge in [-0.25, -0.2) is 0 Å². The molecule has 2 N–H and O–H groups in total. The molecule has 0 spiro atoms. The standard InChI is InChI=1S/C14H24F3N3O/c1-13(18,14(15,16)17)12(21)20-8-4-11(5-9-20)10-19-6-2-3-7-19/h11H,2-10,18H2,1H3. The molecule has 1 atom stereocenters. The maximum Gasteiger partial charge on any atom is 0.415 e. The molecule has 0 aromatic heterocycles. The van der Waals surface area contributed by atoms with Crippen LogP contribution in [0.1, 0.15) is 32.6 Å². The predicted octanol–water partition coefficient (Wildman–Crippen LogP) is 1.60. The Hall–Kier alpha value is -0.820. The molecule has 1 amide bonds. The maximum atomic E-state index is 12.8. The molecule has 2 saturated heterocycles. The Labute approximate surface area is 123 Å². The lowest BCUT2D eigenvalue weighted by Crippen LogP contribution is -2.63. The second-order valence-electron chi connectivity index (χ2n) is 6.44. The van der Waals surface area contributed by atoms with Crippen LogP contribution in [0.2, 0.25) is 0 Å². The Bertz CT molecular complexity index is 370. The quantitative estimate of drug-likeness (QED) is 0.861. The van der Waals surface area contributed by atoms with Crippen LogP contribution in [0, 0.1) is 5.92 Å². The van der Waals surface area contributed by atoms with Gasteiger partial charge in [-0.15, -0.1) is 0 Å². The minimum absolute atomic E-state index is 0.375. The molecule has 122 valence electrons. The molecule has 21 heavy (non-hydrogen) atoms. The van der Waals surface area contributed by atoms with E-state index in [9.17, 15) is 18.0 Å².